The summed E-state index contributed by atoms with van der Waals surface area (Å²) in [6.45, 7) is 0.558. The van der Waals surface area contributed by atoms with Gasteiger partial charge in [-0.1, -0.05) is 6.07 Å². The number of nitrogens with one attached hydrogen (secondary N) is 1. The third-order valence-electron chi connectivity index (χ3n) is 2.85. The van der Waals surface area contributed by atoms with Crippen LogP contribution in [0.15, 0.2) is 45.8 Å². The van der Waals surface area contributed by atoms with Crippen LogP contribution in [0, 0.1) is 0 Å². The van der Waals surface area contributed by atoms with Crippen LogP contribution < -0.4 is 20.4 Å². The third kappa shape index (κ3) is 2.49. The fraction of sp³-hybridized carbons (Fsp3) is 0.143. The molecule has 0 saturated carbocycles. The molecule has 6 nitrogen and oxygen atoms in total. The van der Waals surface area contributed by atoms with Gasteiger partial charge in [0, 0.05) is 12.6 Å². The molecular weight excluding hydrogens is 262 g/mol. The van der Waals surface area contributed by atoms with Crippen molar-refractivity contribution in [2.75, 3.05) is 6.79 Å². The van der Waals surface area contributed by atoms with E-state index in [0.29, 0.717) is 23.6 Å². The molecule has 1 amide bonds. The second kappa shape index (κ2) is 5.08. The Labute approximate surface area is 113 Å². The van der Waals surface area contributed by atoms with Crippen molar-refractivity contribution in [2.45, 2.75) is 6.54 Å². The number of carbonyl (C=O) groups excluding carboxylic acids is 1. The van der Waals surface area contributed by atoms with Crippen molar-refractivity contribution in [3.63, 3.8) is 0 Å². The largest absolute Gasteiger partial charge is 0.454 e. The first-order valence-corrected chi connectivity index (χ1v) is 5.98. The van der Waals surface area contributed by atoms with Gasteiger partial charge < -0.3 is 19.2 Å². The maximum Gasteiger partial charge on any atom is 0.335 e. The Hall–Kier alpha value is -2.76. The fourth-order valence-corrected chi connectivity index (χ4v) is 1.82. The number of benzene rings is 1. The summed E-state index contributed by atoms with van der Waals surface area (Å²) in [5.74, 6) is 1.05. The Bertz CT molecular complexity index is 686. The van der Waals surface area contributed by atoms with Gasteiger partial charge in [-0.05, 0) is 23.8 Å². The van der Waals surface area contributed by atoms with E-state index in [-0.39, 0.29) is 12.7 Å². The van der Waals surface area contributed by atoms with Crippen molar-refractivity contribution in [3.05, 3.63) is 58.1 Å². The fourth-order valence-electron chi connectivity index (χ4n) is 1.82. The molecule has 20 heavy (non-hydrogen) atoms. The van der Waals surface area contributed by atoms with E-state index in [2.05, 4.69) is 9.73 Å². The molecule has 1 aromatic carbocycles. The highest BCUT2D eigenvalue weighted by Gasteiger charge is 2.13. The smallest absolute Gasteiger partial charge is 0.335 e. The molecule has 0 fully saturated rings. The molecule has 0 aliphatic carbocycles. The maximum absolute atomic E-state index is 11.8. The SMILES string of the molecule is O=C(NCc1ccc2c(c1)OCO2)c1ccc(=O)oc1. The molecule has 0 unspecified atom stereocenters. The summed E-state index contributed by atoms with van der Waals surface area (Å²) in [6.07, 6.45) is 1.14. The summed E-state index contributed by atoms with van der Waals surface area (Å²) in [6, 6.07) is 8.08. The molecule has 0 atom stereocenters. The van der Waals surface area contributed by atoms with E-state index in [1.165, 1.54) is 12.1 Å². The summed E-state index contributed by atoms with van der Waals surface area (Å²) >= 11 is 0. The van der Waals surface area contributed by atoms with Gasteiger partial charge >= 0.3 is 5.63 Å². The monoisotopic (exact) mass is 273 g/mol. The van der Waals surface area contributed by atoms with Crippen LogP contribution in [0.25, 0.3) is 0 Å². The first-order chi connectivity index (χ1) is 9.72. The lowest BCUT2D eigenvalue weighted by atomic mass is 10.2. The van der Waals surface area contributed by atoms with Gasteiger partial charge in [0.05, 0.1) is 5.56 Å². The highest BCUT2D eigenvalue weighted by atomic mass is 16.7. The van der Waals surface area contributed by atoms with Crippen LogP contribution in [0.3, 0.4) is 0 Å². The van der Waals surface area contributed by atoms with Crippen LogP contribution in [0.2, 0.25) is 0 Å². The standard InChI is InChI=1S/C14H11NO5/c16-13-4-2-10(7-18-13)14(17)15-6-9-1-3-11-12(5-9)20-8-19-11/h1-5,7H,6,8H2,(H,15,17). The predicted octanol–water partition coefficient (Wildman–Crippen LogP) is 1.30. The zero-order valence-electron chi connectivity index (χ0n) is 10.4. The van der Waals surface area contributed by atoms with Crippen LogP contribution >= 0.6 is 0 Å². The summed E-state index contributed by atoms with van der Waals surface area (Å²) in [4.78, 5) is 22.6. The topological polar surface area (TPSA) is 77.8 Å². The average Bonchev–Trinajstić information content (AvgIpc) is 2.93. The second-order valence-corrected chi connectivity index (χ2v) is 4.21. The molecule has 102 valence electrons. The lowest BCUT2D eigenvalue weighted by Gasteiger charge is -2.05. The number of fused-ring (bicyclic) bond motifs is 1. The summed E-state index contributed by atoms with van der Waals surface area (Å²) in [7, 11) is 0. The number of carbonyl (C=O) groups is 1. The van der Waals surface area contributed by atoms with Crippen LogP contribution in [-0.4, -0.2) is 12.7 Å². The molecule has 0 spiro atoms. The predicted molar refractivity (Wildman–Crippen MR) is 68.7 cm³/mol. The number of amides is 1. The number of hydrogen-bond donors (Lipinski definition) is 1. The summed E-state index contributed by atoms with van der Waals surface area (Å²) in [5.41, 5.74) is 0.697. The molecule has 1 aliphatic rings. The number of hydrogen-bond acceptors (Lipinski definition) is 5. The Balaban J connectivity index is 1.66. The molecule has 1 aliphatic heterocycles. The van der Waals surface area contributed by atoms with Crippen molar-refractivity contribution in [1.82, 2.24) is 5.32 Å². The minimum Gasteiger partial charge on any atom is -0.454 e. The van der Waals surface area contributed by atoms with E-state index in [0.717, 1.165) is 11.8 Å². The minimum atomic E-state index is -0.489. The van der Waals surface area contributed by atoms with Gasteiger partial charge in [0.15, 0.2) is 11.5 Å². The third-order valence-corrected chi connectivity index (χ3v) is 2.85. The zero-order chi connectivity index (χ0) is 13.9. The molecule has 2 heterocycles. The molecule has 6 heteroatoms. The van der Waals surface area contributed by atoms with E-state index >= 15 is 0 Å². The van der Waals surface area contributed by atoms with Crippen molar-refractivity contribution in [1.29, 1.82) is 0 Å². The Kier molecular flexibility index (Phi) is 3.12. The van der Waals surface area contributed by atoms with Gasteiger partial charge in [-0.3, -0.25) is 4.79 Å². The van der Waals surface area contributed by atoms with Crippen LogP contribution in [0.5, 0.6) is 11.5 Å². The maximum atomic E-state index is 11.8. The van der Waals surface area contributed by atoms with E-state index in [1.807, 2.05) is 12.1 Å². The van der Waals surface area contributed by atoms with Gasteiger partial charge in [-0.25, -0.2) is 4.79 Å². The van der Waals surface area contributed by atoms with Crippen LogP contribution in [-0.2, 0) is 6.54 Å². The lowest BCUT2D eigenvalue weighted by Crippen LogP contribution is -2.23. The molecule has 0 bridgehead atoms. The number of rotatable bonds is 3. The molecule has 1 aromatic heterocycles. The highest BCUT2D eigenvalue weighted by Crippen LogP contribution is 2.32. The van der Waals surface area contributed by atoms with Gasteiger partial charge in [0.2, 0.25) is 6.79 Å². The highest BCUT2D eigenvalue weighted by molar-refractivity contribution is 5.93. The van der Waals surface area contributed by atoms with E-state index in [9.17, 15) is 9.59 Å². The average molecular weight is 273 g/mol. The normalized spacial score (nSPS) is 12.2. The van der Waals surface area contributed by atoms with Gasteiger partial charge in [-0.2, -0.15) is 0 Å². The van der Waals surface area contributed by atoms with Gasteiger partial charge in [0.1, 0.15) is 6.26 Å². The van der Waals surface area contributed by atoms with Crippen molar-refractivity contribution in [2.24, 2.45) is 0 Å². The molecule has 0 radical (unpaired) electrons. The van der Waals surface area contributed by atoms with Gasteiger partial charge in [-0.15, -0.1) is 0 Å². The first kappa shape index (κ1) is 12.3. The molecule has 1 N–H and O–H groups in total. The van der Waals surface area contributed by atoms with E-state index in [4.69, 9.17) is 9.47 Å². The van der Waals surface area contributed by atoms with E-state index in [1.54, 1.807) is 6.07 Å². The Morgan fingerprint density at radius 2 is 2.00 bits per heavy atom. The summed E-state index contributed by atoms with van der Waals surface area (Å²) < 4.78 is 15.1. The molecule has 3 rings (SSSR count). The molecule has 0 saturated heterocycles. The van der Waals surface area contributed by atoms with Crippen molar-refractivity contribution in [3.8, 4) is 11.5 Å². The zero-order valence-corrected chi connectivity index (χ0v) is 10.4. The first-order valence-electron chi connectivity index (χ1n) is 5.98. The molecule has 2 aromatic rings. The van der Waals surface area contributed by atoms with E-state index < -0.39 is 5.63 Å². The van der Waals surface area contributed by atoms with Crippen molar-refractivity contribution < 1.29 is 18.7 Å². The lowest BCUT2D eigenvalue weighted by molar-refractivity contribution is 0.0948. The second-order valence-electron chi connectivity index (χ2n) is 4.21. The van der Waals surface area contributed by atoms with Crippen molar-refractivity contribution >= 4 is 5.91 Å². The summed E-state index contributed by atoms with van der Waals surface area (Å²) in [5, 5.41) is 2.73. The number of ether oxygens (including phenoxy) is 2. The van der Waals surface area contributed by atoms with Gasteiger partial charge in [0.25, 0.3) is 5.91 Å². The Morgan fingerprint density at radius 3 is 2.80 bits per heavy atom. The van der Waals surface area contributed by atoms with Crippen LogP contribution in [0.1, 0.15) is 15.9 Å². The Morgan fingerprint density at radius 1 is 1.15 bits per heavy atom. The quantitative estimate of drug-likeness (QED) is 0.912. The minimum absolute atomic E-state index is 0.216. The molecular formula is C14H11NO5. The van der Waals surface area contributed by atoms with Crippen LogP contribution in [0.4, 0.5) is 0 Å².